The second-order valence-electron chi connectivity index (χ2n) is 7.90. The molecule has 4 heterocycles. The summed E-state index contributed by atoms with van der Waals surface area (Å²) in [5.74, 6) is 2.11. The van der Waals surface area contributed by atoms with Crippen molar-refractivity contribution in [3.8, 4) is 17.1 Å². The van der Waals surface area contributed by atoms with E-state index in [1.807, 2.05) is 47.9 Å². The fraction of sp³-hybridized carbons (Fsp3) is 0.261. The predicted octanol–water partition coefficient (Wildman–Crippen LogP) is 2.77. The highest BCUT2D eigenvalue weighted by atomic mass is 32.2. The van der Waals surface area contributed by atoms with Crippen LogP contribution in [-0.4, -0.2) is 39.2 Å². The van der Waals surface area contributed by atoms with Crippen LogP contribution in [0.15, 0.2) is 68.2 Å². The minimum absolute atomic E-state index is 0.298. The number of nitrogens with zero attached hydrogens (tertiary/aromatic N) is 7. The van der Waals surface area contributed by atoms with Crippen molar-refractivity contribution < 1.29 is 4.42 Å². The van der Waals surface area contributed by atoms with E-state index in [0.29, 0.717) is 35.7 Å². The Balaban J connectivity index is 1.40. The molecule has 4 aromatic heterocycles. The third-order valence-electron chi connectivity index (χ3n) is 5.71. The van der Waals surface area contributed by atoms with Crippen molar-refractivity contribution in [1.29, 1.82) is 0 Å². The third-order valence-corrected chi connectivity index (χ3v) is 6.72. The number of aryl methyl sites for hydroxylation is 3. The van der Waals surface area contributed by atoms with Gasteiger partial charge in [0, 0.05) is 32.1 Å². The van der Waals surface area contributed by atoms with Gasteiger partial charge in [0.05, 0.1) is 18.2 Å². The van der Waals surface area contributed by atoms with Crippen molar-refractivity contribution in [2.24, 2.45) is 14.1 Å². The standard InChI is InChI=1S/C23H23N7O3S/c1-15-17(10-12-33-15)19-25-26-22(30(19)16-8-5-4-6-9-16)34-13-7-11-29-21(31)18-20(24-14-27(18)2)28(3)23(29)32/h4-6,8-10,12,14H,7,11,13H2,1-3H3. The molecule has 0 saturated carbocycles. The average molecular weight is 478 g/mol. The number of hydrogen-bond acceptors (Lipinski definition) is 7. The van der Waals surface area contributed by atoms with Gasteiger partial charge in [0.1, 0.15) is 5.76 Å². The molecule has 0 amide bonds. The molecular formula is C23H23N7O3S. The van der Waals surface area contributed by atoms with Crippen molar-refractivity contribution in [3.63, 3.8) is 0 Å². The zero-order chi connectivity index (χ0) is 23.8. The summed E-state index contributed by atoms with van der Waals surface area (Å²) in [7, 11) is 3.38. The molecular weight excluding hydrogens is 454 g/mol. The first-order valence-electron chi connectivity index (χ1n) is 10.8. The zero-order valence-electron chi connectivity index (χ0n) is 19.0. The molecule has 0 aliphatic carbocycles. The van der Waals surface area contributed by atoms with Crippen LogP contribution in [0.4, 0.5) is 0 Å². The second kappa shape index (κ2) is 8.82. The summed E-state index contributed by atoms with van der Waals surface area (Å²) < 4.78 is 11.8. The van der Waals surface area contributed by atoms with Gasteiger partial charge in [-0.25, -0.2) is 9.78 Å². The van der Waals surface area contributed by atoms with Crippen LogP contribution in [-0.2, 0) is 20.6 Å². The van der Waals surface area contributed by atoms with E-state index in [1.54, 1.807) is 31.3 Å². The monoisotopic (exact) mass is 477 g/mol. The molecule has 10 nitrogen and oxygen atoms in total. The average Bonchev–Trinajstić information content (AvgIpc) is 3.55. The Labute approximate surface area is 198 Å². The van der Waals surface area contributed by atoms with Crippen LogP contribution in [0.5, 0.6) is 0 Å². The quantitative estimate of drug-likeness (QED) is 0.262. The molecule has 0 N–H and O–H groups in total. The molecule has 0 radical (unpaired) electrons. The fourth-order valence-electron chi connectivity index (χ4n) is 3.94. The first-order chi connectivity index (χ1) is 16.5. The van der Waals surface area contributed by atoms with Gasteiger partial charge < -0.3 is 8.98 Å². The number of benzene rings is 1. The summed E-state index contributed by atoms with van der Waals surface area (Å²) in [5.41, 5.74) is 1.93. The van der Waals surface area contributed by atoms with E-state index < -0.39 is 0 Å². The van der Waals surface area contributed by atoms with Crippen molar-refractivity contribution in [3.05, 3.63) is 75.6 Å². The molecule has 11 heteroatoms. The topological polar surface area (TPSA) is 106 Å². The Hall–Kier alpha value is -3.86. The van der Waals surface area contributed by atoms with E-state index in [9.17, 15) is 9.59 Å². The van der Waals surface area contributed by atoms with Gasteiger partial charge in [-0.05, 0) is 31.5 Å². The number of thioether (sulfide) groups is 1. The van der Waals surface area contributed by atoms with E-state index in [0.717, 1.165) is 22.2 Å². The summed E-state index contributed by atoms with van der Waals surface area (Å²) in [5, 5.41) is 9.57. The maximum Gasteiger partial charge on any atom is 0.332 e. The molecule has 0 bridgehead atoms. The molecule has 34 heavy (non-hydrogen) atoms. The number of aromatic nitrogens is 7. The molecule has 5 rings (SSSR count). The first kappa shape index (κ1) is 22.0. The van der Waals surface area contributed by atoms with Crippen LogP contribution < -0.4 is 11.2 Å². The Morgan fingerprint density at radius 1 is 1.06 bits per heavy atom. The largest absolute Gasteiger partial charge is 0.469 e. The minimum Gasteiger partial charge on any atom is -0.469 e. The summed E-state index contributed by atoms with van der Waals surface area (Å²) in [4.78, 5) is 29.8. The van der Waals surface area contributed by atoms with Gasteiger partial charge in [0.15, 0.2) is 22.1 Å². The molecule has 0 aliphatic rings. The Morgan fingerprint density at radius 2 is 1.85 bits per heavy atom. The van der Waals surface area contributed by atoms with Gasteiger partial charge in [0.25, 0.3) is 5.56 Å². The SMILES string of the molecule is Cc1occc1-c1nnc(SCCCn2c(=O)c3c(ncn3C)n(C)c2=O)n1-c1ccccc1. The van der Waals surface area contributed by atoms with Gasteiger partial charge in [-0.2, -0.15) is 0 Å². The molecule has 0 unspecified atom stereocenters. The van der Waals surface area contributed by atoms with E-state index in [-0.39, 0.29) is 11.2 Å². The Kier molecular flexibility index (Phi) is 5.70. The minimum atomic E-state index is -0.369. The van der Waals surface area contributed by atoms with Crippen LogP contribution in [0.3, 0.4) is 0 Å². The lowest BCUT2D eigenvalue weighted by Gasteiger charge is -2.10. The maximum absolute atomic E-state index is 12.9. The van der Waals surface area contributed by atoms with E-state index >= 15 is 0 Å². The molecule has 0 atom stereocenters. The summed E-state index contributed by atoms with van der Waals surface area (Å²) in [6, 6.07) is 11.8. The zero-order valence-corrected chi connectivity index (χ0v) is 19.8. The number of furan rings is 1. The number of rotatable bonds is 7. The molecule has 1 aromatic carbocycles. The number of para-hydroxylation sites is 1. The van der Waals surface area contributed by atoms with E-state index in [4.69, 9.17) is 4.42 Å². The lowest BCUT2D eigenvalue weighted by atomic mass is 10.2. The lowest BCUT2D eigenvalue weighted by Crippen LogP contribution is -2.39. The second-order valence-corrected chi connectivity index (χ2v) is 8.96. The Morgan fingerprint density at radius 3 is 2.59 bits per heavy atom. The first-order valence-corrected chi connectivity index (χ1v) is 11.7. The van der Waals surface area contributed by atoms with Crippen LogP contribution >= 0.6 is 11.8 Å². The molecule has 5 aromatic rings. The van der Waals surface area contributed by atoms with Gasteiger partial charge in [-0.1, -0.05) is 30.0 Å². The maximum atomic E-state index is 12.9. The van der Waals surface area contributed by atoms with Crippen molar-refractivity contribution in [2.75, 3.05) is 5.75 Å². The summed E-state index contributed by atoms with van der Waals surface area (Å²) in [6.07, 6.45) is 3.78. The summed E-state index contributed by atoms with van der Waals surface area (Å²) >= 11 is 1.53. The number of imidazole rings is 1. The Bertz CT molecular complexity index is 1590. The fourth-order valence-corrected chi connectivity index (χ4v) is 4.82. The summed E-state index contributed by atoms with van der Waals surface area (Å²) in [6.45, 7) is 2.19. The normalized spacial score (nSPS) is 11.5. The number of fused-ring (bicyclic) bond motifs is 1. The van der Waals surface area contributed by atoms with Crippen LogP contribution in [0.1, 0.15) is 12.2 Å². The van der Waals surface area contributed by atoms with Crippen molar-refractivity contribution in [2.45, 2.75) is 25.0 Å². The molecule has 0 fully saturated rings. The van der Waals surface area contributed by atoms with Gasteiger partial charge in [-0.3, -0.25) is 18.5 Å². The molecule has 174 valence electrons. The van der Waals surface area contributed by atoms with Gasteiger partial charge >= 0.3 is 5.69 Å². The van der Waals surface area contributed by atoms with Crippen molar-refractivity contribution >= 4 is 22.9 Å². The highest BCUT2D eigenvalue weighted by molar-refractivity contribution is 7.99. The molecule has 0 saturated heterocycles. The molecule has 0 spiro atoms. The lowest BCUT2D eigenvalue weighted by molar-refractivity contribution is 0.535. The highest BCUT2D eigenvalue weighted by Gasteiger charge is 2.19. The third kappa shape index (κ3) is 3.67. The van der Waals surface area contributed by atoms with Crippen LogP contribution in [0, 0.1) is 6.92 Å². The van der Waals surface area contributed by atoms with Gasteiger partial charge in [0.2, 0.25) is 0 Å². The van der Waals surface area contributed by atoms with E-state index in [2.05, 4.69) is 15.2 Å². The van der Waals surface area contributed by atoms with Crippen molar-refractivity contribution in [1.82, 2.24) is 33.4 Å². The van der Waals surface area contributed by atoms with Gasteiger partial charge in [-0.15, -0.1) is 10.2 Å². The van der Waals surface area contributed by atoms with E-state index in [1.165, 1.54) is 20.9 Å². The molecule has 0 aliphatic heterocycles. The predicted molar refractivity (Wildman–Crippen MR) is 129 cm³/mol. The smallest absolute Gasteiger partial charge is 0.332 e. The van der Waals surface area contributed by atoms with Crippen LogP contribution in [0.2, 0.25) is 0 Å². The van der Waals surface area contributed by atoms with Crippen LogP contribution in [0.25, 0.3) is 28.2 Å². The number of hydrogen-bond donors (Lipinski definition) is 0. The highest BCUT2D eigenvalue weighted by Crippen LogP contribution is 2.30.